The lowest BCUT2D eigenvalue weighted by Crippen LogP contribution is -2.09. The monoisotopic (exact) mass is 378 g/mol. The lowest BCUT2D eigenvalue weighted by atomic mass is 10.2. The Bertz CT molecular complexity index is 928. The molecule has 6 heteroatoms. The molecule has 0 aliphatic carbocycles. The number of hydrogen-bond acceptors (Lipinski definition) is 6. The molecule has 0 aliphatic rings. The van der Waals surface area contributed by atoms with Crippen molar-refractivity contribution in [3.8, 4) is 11.5 Å². The summed E-state index contributed by atoms with van der Waals surface area (Å²) >= 11 is 0. The molecular formula is C22H26N4O2. The second-order valence-electron chi connectivity index (χ2n) is 6.67. The minimum atomic E-state index is 0.0828. The number of benzene rings is 2. The summed E-state index contributed by atoms with van der Waals surface area (Å²) in [6.07, 6.45) is 0.0828. The lowest BCUT2D eigenvalue weighted by molar-refractivity contribution is 0.244. The van der Waals surface area contributed by atoms with E-state index < -0.39 is 0 Å². The van der Waals surface area contributed by atoms with Gasteiger partial charge in [-0.15, -0.1) is 0 Å². The molecule has 1 aromatic heterocycles. The van der Waals surface area contributed by atoms with Gasteiger partial charge in [-0.1, -0.05) is 30.3 Å². The average molecular weight is 378 g/mol. The maximum Gasteiger partial charge on any atom is 0.229 e. The first-order valence-electron chi connectivity index (χ1n) is 9.29. The Hall–Kier alpha value is -3.28. The number of methoxy groups -OCH3 is 1. The van der Waals surface area contributed by atoms with E-state index in [0.717, 1.165) is 34.3 Å². The third-order valence-corrected chi connectivity index (χ3v) is 4.00. The normalized spacial score (nSPS) is 10.6. The molecule has 0 unspecified atom stereocenters. The van der Waals surface area contributed by atoms with Gasteiger partial charge in [-0.3, -0.25) is 0 Å². The van der Waals surface area contributed by atoms with Gasteiger partial charge in [0.25, 0.3) is 0 Å². The van der Waals surface area contributed by atoms with Gasteiger partial charge in [0.05, 0.1) is 18.9 Å². The molecule has 0 aliphatic heterocycles. The van der Waals surface area contributed by atoms with E-state index in [1.807, 2.05) is 75.4 Å². The fourth-order valence-electron chi connectivity index (χ4n) is 2.80. The summed E-state index contributed by atoms with van der Waals surface area (Å²) in [7, 11) is 1.67. The quantitative estimate of drug-likeness (QED) is 0.579. The summed E-state index contributed by atoms with van der Waals surface area (Å²) in [5.74, 6) is 2.87. The molecule has 0 saturated carbocycles. The topological polar surface area (TPSA) is 68.3 Å². The molecule has 6 nitrogen and oxygen atoms in total. The van der Waals surface area contributed by atoms with Crippen LogP contribution in [0.4, 0.5) is 17.5 Å². The summed E-state index contributed by atoms with van der Waals surface area (Å²) in [4.78, 5) is 9.09. The molecule has 0 fully saturated rings. The van der Waals surface area contributed by atoms with Crippen LogP contribution in [0.15, 0.2) is 54.6 Å². The van der Waals surface area contributed by atoms with Crippen LogP contribution in [0.25, 0.3) is 0 Å². The van der Waals surface area contributed by atoms with Crippen LogP contribution in [0.1, 0.15) is 25.1 Å². The summed E-state index contributed by atoms with van der Waals surface area (Å²) in [5.41, 5.74) is 2.76. The first kappa shape index (κ1) is 19.5. The predicted molar refractivity (Wildman–Crippen MR) is 113 cm³/mol. The van der Waals surface area contributed by atoms with Gasteiger partial charge in [0.15, 0.2) is 0 Å². The number of anilines is 3. The Morgan fingerprint density at radius 3 is 2.43 bits per heavy atom. The van der Waals surface area contributed by atoms with Crippen LogP contribution in [-0.2, 0) is 6.54 Å². The minimum Gasteiger partial charge on any atom is -0.496 e. The zero-order chi connectivity index (χ0) is 19.9. The van der Waals surface area contributed by atoms with Crippen LogP contribution in [0, 0.1) is 6.92 Å². The number of nitrogens with zero attached hydrogens (tertiary/aromatic N) is 2. The van der Waals surface area contributed by atoms with Crippen LogP contribution in [0.5, 0.6) is 11.5 Å². The van der Waals surface area contributed by atoms with Crippen molar-refractivity contribution in [1.29, 1.82) is 0 Å². The second kappa shape index (κ2) is 9.08. The second-order valence-corrected chi connectivity index (χ2v) is 6.67. The van der Waals surface area contributed by atoms with Crippen LogP contribution in [0.2, 0.25) is 0 Å². The molecule has 2 N–H and O–H groups in total. The SMILES string of the molecule is COc1ccccc1CNc1cc(C)nc(Nc2ccccc2OC(C)C)n1. The summed E-state index contributed by atoms with van der Waals surface area (Å²) < 4.78 is 11.3. The zero-order valence-corrected chi connectivity index (χ0v) is 16.7. The smallest absolute Gasteiger partial charge is 0.229 e. The number of aromatic nitrogens is 2. The molecule has 0 bridgehead atoms. The highest BCUT2D eigenvalue weighted by atomic mass is 16.5. The fourth-order valence-corrected chi connectivity index (χ4v) is 2.80. The van der Waals surface area contributed by atoms with Gasteiger partial charge in [-0.25, -0.2) is 4.98 Å². The zero-order valence-electron chi connectivity index (χ0n) is 16.7. The fraction of sp³-hybridized carbons (Fsp3) is 0.273. The highest BCUT2D eigenvalue weighted by molar-refractivity contribution is 5.63. The molecule has 0 radical (unpaired) electrons. The van der Waals surface area contributed by atoms with Crippen molar-refractivity contribution in [2.75, 3.05) is 17.7 Å². The Balaban J connectivity index is 1.77. The van der Waals surface area contributed by atoms with Crippen molar-refractivity contribution in [3.63, 3.8) is 0 Å². The van der Waals surface area contributed by atoms with Gasteiger partial charge in [0.1, 0.15) is 17.3 Å². The summed E-state index contributed by atoms with van der Waals surface area (Å²) in [6, 6.07) is 17.6. The maximum absolute atomic E-state index is 5.86. The summed E-state index contributed by atoms with van der Waals surface area (Å²) in [5, 5.41) is 6.62. The van der Waals surface area contributed by atoms with E-state index in [9.17, 15) is 0 Å². The maximum atomic E-state index is 5.86. The van der Waals surface area contributed by atoms with Gasteiger partial charge in [-0.2, -0.15) is 4.98 Å². The van der Waals surface area contributed by atoms with E-state index in [1.54, 1.807) is 7.11 Å². The highest BCUT2D eigenvalue weighted by Gasteiger charge is 2.09. The number of nitrogens with one attached hydrogen (secondary N) is 2. The highest BCUT2D eigenvalue weighted by Crippen LogP contribution is 2.27. The third kappa shape index (κ3) is 5.13. The first-order chi connectivity index (χ1) is 13.5. The van der Waals surface area contributed by atoms with E-state index in [0.29, 0.717) is 12.5 Å². The van der Waals surface area contributed by atoms with Gasteiger partial charge < -0.3 is 20.1 Å². The molecule has 0 amide bonds. The number of rotatable bonds is 8. The van der Waals surface area contributed by atoms with E-state index in [4.69, 9.17) is 9.47 Å². The molecule has 1 heterocycles. The van der Waals surface area contributed by atoms with Crippen molar-refractivity contribution >= 4 is 17.5 Å². The van der Waals surface area contributed by atoms with Crippen molar-refractivity contribution in [2.24, 2.45) is 0 Å². The third-order valence-electron chi connectivity index (χ3n) is 4.00. The van der Waals surface area contributed by atoms with Gasteiger partial charge in [0.2, 0.25) is 5.95 Å². The minimum absolute atomic E-state index is 0.0828. The molecule has 28 heavy (non-hydrogen) atoms. The molecule has 0 atom stereocenters. The summed E-state index contributed by atoms with van der Waals surface area (Å²) in [6.45, 7) is 6.55. The van der Waals surface area contributed by atoms with Crippen LogP contribution in [0.3, 0.4) is 0 Å². The Morgan fingerprint density at radius 1 is 0.964 bits per heavy atom. The van der Waals surface area contributed by atoms with Crippen molar-refractivity contribution in [1.82, 2.24) is 9.97 Å². The van der Waals surface area contributed by atoms with E-state index in [1.165, 1.54) is 0 Å². The van der Waals surface area contributed by atoms with Gasteiger partial charge >= 0.3 is 0 Å². The molecule has 0 saturated heterocycles. The predicted octanol–water partition coefficient (Wildman–Crippen LogP) is 4.94. The van der Waals surface area contributed by atoms with Crippen molar-refractivity contribution < 1.29 is 9.47 Å². The number of hydrogen-bond donors (Lipinski definition) is 2. The molecule has 3 rings (SSSR count). The largest absolute Gasteiger partial charge is 0.496 e. The molecular weight excluding hydrogens is 352 g/mol. The molecule has 146 valence electrons. The Kier molecular flexibility index (Phi) is 6.32. The van der Waals surface area contributed by atoms with Crippen molar-refractivity contribution in [3.05, 3.63) is 65.9 Å². The number of ether oxygens (including phenoxy) is 2. The first-order valence-corrected chi connectivity index (χ1v) is 9.29. The average Bonchev–Trinajstić information content (AvgIpc) is 2.67. The molecule has 3 aromatic rings. The lowest BCUT2D eigenvalue weighted by Gasteiger charge is -2.15. The van der Waals surface area contributed by atoms with Crippen LogP contribution >= 0.6 is 0 Å². The molecule has 2 aromatic carbocycles. The van der Waals surface area contributed by atoms with Gasteiger partial charge in [-0.05, 0) is 39.0 Å². The molecule has 0 spiro atoms. The number of para-hydroxylation sites is 3. The van der Waals surface area contributed by atoms with Crippen molar-refractivity contribution in [2.45, 2.75) is 33.4 Å². The van der Waals surface area contributed by atoms with Crippen LogP contribution < -0.4 is 20.1 Å². The standard InChI is InChI=1S/C22H26N4O2/c1-15(2)28-20-12-8-6-10-18(20)25-22-24-16(3)13-21(26-22)23-14-17-9-5-7-11-19(17)27-4/h5-13,15H,14H2,1-4H3,(H2,23,24,25,26). The Morgan fingerprint density at radius 2 is 1.68 bits per heavy atom. The number of aryl methyl sites for hydroxylation is 1. The van der Waals surface area contributed by atoms with E-state index in [2.05, 4.69) is 20.6 Å². The Labute approximate surface area is 166 Å². The van der Waals surface area contributed by atoms with Crippen LogP contribution in [-0.4, -0.2) is 23.2 Å². The van der Waals surface area contributed by atoms with E-state index in [-0.39, 0.29) is 6.10 Å². The van der Waals surface area contributed by atoms with Gasteiger partial charge in [0, 0.05) is 23.9 Å². The van der Waals surface area contributed by atoms with E-state index >= 15 is 0 Å².